The molecule has 0 atom stereocenters. The van der Waals surface area contributed by atoms with E-state index in [1.807, 2.05) is 6.07 Å². The molecule has 0 unspecified atom stereocenters. The van der Waals surface area contributed by atoms with E-state index >= 15 is 0 Å². The Kier molecular flexibility index (Phi) is 4.83. The van der Waals surface area contributed by atoms with E-state index in [0.29, 0.717) is 6.04 Å². The van der Waals surface area contributed by atoms with Crippen LogP contribution in [0.4, 0.5) is 0 Å². The van der Waals surface area contributed by atoms with Crippen molar-refractivity contribution in [2.75, 3.05) is 26.9 Å². The second-order valence-corrected chi connectivity index (χ2v) is 5.66. The molecule has 3 nitrogen and oxygen atoms in total. The van der Waals surface area contributed by atoms with Crippen molar-refractivity contribution < 1.29 is 9.47 Å². The van der Waals surface area contributed by atoms with Crippen LogP contribution in [0.25, 0.3) is 0 Å². The quantitative estimate of drug-likeness (QED) is 0.886. The maximum absolute atomic E-state index is 5.55. The van der Waals surface area contributed by atoms with Gasteiger partial charge in [0.1, 0.15) is 5.75 Å². The number of hydrogen-bond acceptors (Lipinski definition) is 3. The van der Waals surface area contributed by atoms with Gasteiger partial charge in [0.25, 0.3) is 0 Å². The minimum atomic E-state index is 0.178. The molecule has 1 heterocycles. The molecule has 0 aliphatic carbocycles. The summed E-state index contributed by atoms with van der Waals surface area (Å²) in [4.78, 5) is 0. The van der Waals surface area contributed by atoms with Crippen LogP contribution in [0.2, 0.25) is 0 Å². The van der Waals surface area contributed by atoms with E-state index in [2.05, 4.69) is 37.4 Å². The highest BCUT2D eigenvalue weighted by Crippen LogP contribution is 2.35. The van der Waals surface area contributed by atoms with Crippen LogP contribution in [0.5, 0.6) is 5.75 Å². The summed E-state index contributed by atoms with van der Waals surface area (Å²) in [7, 11) is 1.72. The third kappa shape index (κ3) is 3.48. The number of ether oxygens (including phenoxy) is 2. The second-order valence-electron chi connectivity index (χ2n) is 5.66. The van der Waals surface area contributed by atoms with Crippen molar-refractivity contribution in [1.82, 2.24) is 5.32 Å². The first-order valence-corrected chi connectivity index (χ1v) is 7.12. The summed E-state index contributed by atoms with van der Waals surface area (Å²) < 4.78 is 10.9. The summed E-state index contributed by atoms with van der Waals surface area (Å²) in [6.45, 7) is 7.08. The fourth-order valence-electron chi connectivity index (χ4n) is 2.68. The molecule has 0 amide bonds. The van der Waals surface area contributed by atoms with Gasteiger partial charge in [0, 0.05) is 31.2 Å². The van der Waals surface area contributed by atoms with Crippen LogP contribution in [0.1, 0.15) is 32.3 Å². The molecule has 1 aromatic rings. The highest BCUT2D eigenvalue weighted by Gasteiger charge is 2.34. The van der Waals surface area contributed by atoms with Crippen LogP contribution in [0.3, 0.4) is 0 Å². The standard InChI is InChI=1S/C16H25NO2/c1-13(2)17-12-16(7-9-19-10-8-16)14-5-4-6-15(11-14)18-3/h4-6,11,13,17H,7-10,12H2,1-3H3. The van der Waals surface area contributed by atoms with Crippen molar-refractivity contribution >= 4 is 0 Å². The van der Waals surface area contributed by atoms with Gasteiger partial charge in [-0.2, -0.15) is 0 Å². The van der Waals surface area contributed by atoms with E-state index < -0.39 is 0 Å². The molecular weight excluding hydrogens is 238 g/mol. The fourth-order valence-corrected chi connectivity index (χ4v) is 2.68. The van der Waals surface area contributed by atoms with Gasteiger partial charge in [-0.25, -0.2) is 0 Å². The first-order valence-electron chi connectivity index (χ1n) is 7.12. The Bertz CT molecular complexity index is 397. The van der Waals surface area contributed by atoms with Gasteiger partial charge in [-0.3, -0.25) is 0 Å². The zero-order chi connectivity index (χ0) is 13.7. The van der Waals surface area contributed by atoms with Crippen LogP contribution >= 0.6 is 0 Å². The molecule has 0 radical (unpaired) electrons. The minimum Gasteiger partial charge on any atom is -0.497 e. The number of rotatable bonds is 5. The molecule has 1 aliphatic heterocycles. The lowest BCUT2D eigenvalue weighted by Gasteiger charge is -2.38. The molecular formula is C16H25NO2. The van der Waals surface area contributed by atoms with E-state index in [0.717, 1.165) is 38.3 Å². The highest BCUT2D eigenvalue weighted by molar-refractivity contribution is 5.34. The van der Waals surface area contributed by atoms with Gasteiger partial charge < -0.3 is 14.8 Å². The third-order valence-corrected chi connectivity index (χ3v) is 3.98. The maximum Gasteiger partial charge on any atom is 0.119 e. The van der Waals surface area contributed by atoms with Crippen LogP contribution < -0.4 is 10.1 Å². The zero-order valence-corrected chi connectivity index (χ0v) is 12.2. The predicted molar refractivity (Wildman–Crippen MR) is 77.9 cm³/mol. The molecule has 1 aliphatic rings. The van der Waals surface area contributed by atoms with Gasteiger partial charge >= 0.3 is 0 Å². The smallest absolute Gasteiger partial charge is 0.119 e. The second kappa shape index (κ2) is 6.40. The summed E-state index contributed by atoms with van der Waals surface area (Å²) in [5.41, 5.74) is 1.54. The Balaban J connectivity index is 2.24. The third-order valence-electron chi connectivity index (χ3n) is 3.98. The van der Waals surface area contributed by atoms with Crippen LogP contribution in [0, 0.1) is 0 Å². The summed E-state index contributed by atoms with van der Waals surface area (Å²) in [5, 5.41) is 3.60. The van der Waals surface area contributed by atoms with Gasteiger partial charge in [-0.05, 0) is 30.5 Å². The maximum atomic E-state index is 5.55. The molecule has 2 rings (SSSR count). The van der Waals surface area contributed by atoms with E-state index in [1.54, 1.807) is 7.11 Å². The SMILES string of the molecule is COc1cccc(C2(CNC(C)C)CCOCC2)c1. The normalized spacial score (nSPS) is 18.5. The number of benzene rings is 1. The number of methoxy groups -OCH3 is 1. The lowest BCUT2D eigenvalue weighted by Crippen LogP contribution is -2.44. The molecule has 0 spiro atoms. The zero-order valence-electron chi connectivity index (χ0n) is 12.2. The molecule has 1 aromatic carbocycles. The van der Waals surface area contributed by atoms with Gasteiger partial charge in [-0.1, -0.05) is 26.0 Å². The first-order chi connectivity index (χ1) is 9.16. The Morgan fingerprint density at radius 1 is 1.32 bits per heavy atom. The summed E-state index contributed by atoms with van der Waals surface area (Å²) in [6, 6.07) is 8.99. The van der Waals surface area contributed by atoms with Gasteiger partial charge in [0.15, 0.2) is 0 Å². The largest absolute Gasteiger partial charge is 0.497 e. The molecule has 0 aromatic heterocycles. The molecule has 3 heteroatoms. The summed E-state index contributed by atoms with van der Waals surface area (Å²) in [5.74, 6) is 0.938. The molecule has 19 heavy (non-hydrogen) atoms. The number of nitrogens with one attached hydrogen (secondary N) is 1. The summed E-state index contributed by atoms with van der Waals surface area (Å²) in [6.07, 6.45) is 2.14. The van der Waals surface area contributed by atoms with Crippen molar-refractivity contribution in [3.8, 4) is 5.75 Å². The summed E-state index contributed by atoms with van der Waals surface area (Å²) >= 11 is 0. The van der Waals surface area contributed by atoms with E-state index in [1.165, 1.54) is 5.56 Å². The average Bonchev–Trinajstić information content (AvgIpc) is 2.46. The predicted octanol–water partition coefficient (Wildman–Crippen LogP) is 2.74. The molecule has 1 saturated heterocycles. The van der Waals surface area contributed by atoms with Gasteiger partial charge in [0.2, 0.25) is 0 Å². The Morgan fingerprint density at radius 2 is 2.05 bits per heavy atom. The average molecular weight is 263 g/mol. The molecule has 1 N–H and O–H groups in total. The van der Waals surface area contributed by atoms with E-state index in [-0.39, 0.29) is 5.41 Å². The number of hydrogen-bond donors (Lipinski definition) is 1. The lowest BCUT2D eigenvalue weighted by molar-refractivity contribution is 0.0491. The van der Waals surface area contributed by atoms with Crippen LogP contribution in [0.15, 0.2) is 24.3 Å². The van der Waals surface area contributed by atoms with Gasteiger partial charge in [0.05, 0.1) is 7.11 Å². The minimum absolute atomic E-state index is 0.178. The van der Waals surface area contributed by atoms with Crippen molar-refractivity contribution in [1.29, 1.82) is 0 Å². The molecule has 0 saturated carbocycles. The molecule has 106 valence electrons. The lowest BCUT2D eigenvalue weighted by atomic mass is 9.74. The van der Waals surface area contributed by atoms with Crippen molar-refractivity contribution in [2.24, 2.45) is 0 Å². The molecule has 0 bridgehead atoms. The van der Waals surface area contributed by atoms with E-state index in [9.17, 15) is 0 Å². The Hall–Kier alpha value is -1.06. The molecule has 1 fully saturated rings. The first kappa shape index (κ1) is 14.4. The van der Waals surface area contributed by atoms with Crippen LogP contribution in [-0.2, 0) is 10.2 Å². The Labute approximate surface area is 116 Å². The van der Waals surface area contributed by atoms with Crippen molar-refractivity contribution in [2.45, 2.75) is 38.1 Å². The van der Waals surface area contributed by atoms with E-state index in [4.69, 9.17) is 9.47 Å². The fraction of sp³-hybridized carbons (Fsp3) is 0.625. The van der Waals surface area contributed by atoms with Crippen molar-refractivity contribution in [3.63, 3.8) is 0 Å². The highest BCUT2D eigenvalue weighted by atomic mass is 16.5. The van der Waals surface area contributed by atoms with Crippen molar-refractivity contribution in [3.05, 3.63) is 29.8 Å². The van der Waals surface area contributed by atoms with Gasteiger partial charge in [-0.15, -0.1) is 0 Å². The topological polar surface area (TPSA) is 30.5 Å². The Morgan fingerprint density at radius 3 is 2.68 bits per heavy atom. The van der Waals surface area contributed by atoms with Crippen LogP contribution in [-0.4, -0.2) is 32.9 Å². The monoisotopic (exact) mass is 263 g/mol.